The van der Waals surface area contributed by atoms with Crippen LogP contribution in [0, 0.1) is 16.7 Å². The Hall–Kier alpha value is -0.0400. The average molecular weight is 193 g/mol. The van der Waals surface area contributed by atoms with Crippen molar-refractivity contribution in [3.05, 3.63) is 0 Å². The highest BCUT2D eigenvalue weighted by Gasteiger charge is 2.61. The third-order valence-electron chi connectivity index (χ3n) is 5.81. The van der Waals surface area contributed by atoms with E-state index in [1.165, 1.54) is 32.1 Å². The zero-order valence-electron chi connectivity index (χ0n) is 9.77. The molecule has 3 fully saturated rings. The maximum Gasteiger partial charge on any atom is 0.0131 e. The summed E-state index contributed by atoms with van der Waals surface area (Å²) >= 11 is 0. The summed E-state index contributed by atoms with van der Waals surface area (Å²) in [5.74, 6) is 0.990. The smallest absolute Gasteiger partial charge is 0.0131 e. The van der Waals surface area contributed by atoms with E-state index in [4.69, 9.17) is 0 Å². The number of hydrogen-bond acceptors (Lipinski definition) is 1. The van der Waals surface area contributed by atoms with Gasteiger partial charge in [-0.25, -0.2) is 0 Å². The van der Waals surface area contributed by atoms with Crippen LogP contribution < -0.4 is 5.32 Å². The van der Waals surface area contributed by atoms with E-state index < -0.39 is 0 Å². The van der Waals surface area contributed by atoms with Gasteiger partial charge in [0.25, 0.3) is 0 Å². The fraction of sp³-hybridized carbons (Fsp3) is 1.00. The molecule has 0 spiro atoms. The van der Waals surface area contributed by atoms with Gasteiger partial charge in [0.2, 0.25) is 0 Å². The molecule has 2 bridgehead atoms. The molecule has 3 aliphatic carbocycles. The van der Waals surface area contributed by atoms with Gasteiger partial charge in [-0.1, -0.05) is 20.8 Å². The van der Waals surface area contributed by atoms with E-state index in [2.05, 4.69) is 26.1 Å². The minimum absolute atomic E-state index is 0.583. The van der Waals surface area contributed by atoms with Gasteiger partial charge in [-0.15, -0.1) is 0 Å². The normalized spacial score (nSPS) is 49.9. The molecule has 3 aliphatic rings. The standard InChI is InChI=1S/C13H23N/c1-12(2)9-6-7-13(12,3)11(8-9)14-10-4-5-10/h9-11,14H,4-8H2,1-3H3. The van der Waals surface area contributed by atoms with Gasteiger partial charge in [-0.3, -0.25) is 0 Å². The lowest BCUT2D eigenvalue weighted by atomic mass is 9.69. The Morgan fingerprint density at radius 2 is 1.79 bits per heavy atom. The van der Waals surface area contributed by atoms with Crippen LogP contribution in [0.2, 0.25) is 0 Å². The van der Waals surface area contributed by atoms with E-state index in [1.807, 2.05) is 0 Å². The topological polar surface area (TPSA) is 12.0 Å². The van der Waals surface area contributed by atoms with Crippen molar-refractivity contribution in [1.29, 1.82) is 0 Å². The third kappa shape index (κ3) is 0.997. The molecule has 0 aromatic heterocycles. The SMILES string of the molecule is CC1(C)C2CCC1(C)C(NC1CC1)C2. The van der Waals surface area contributed by atoms with Crippen LogP contribution in [-0.4, -0.2) is 12.1 Å². The van der Waals surface area contributed by atoms with Crippen molar-refractivity contribution in [3.8, 4) is 0 Å². The minimum Gasteiger partial charge on any atom is -0.311 e. The van der Waals surface area contributed by atoms with E-state index in [-0.39, 0.29) is 0 Å². The molecule has 1 nitrogen and oxygen atoms in total. The van der Waals surface area contributed by atoms with Crippen LogP contribution in [0.15, 0.2) is 0 Å². The first-order valence-corrected chi connectivity index (χ1v) is 6.30. The summed E-state index contributed by atoms with van der Waals surface area (Å²) in [5.41, 5.74) is 1.17. The molecule has 3 unspecified atom stereocenters. The lowest BCUT2D eigenvalue weighted by Crippen LogP contribution is -2.45. The Labute approximate surface area is 87.7 Å². The van der Waals surface area contributed by atoms with Crippen LogP contribution in [0.4, 0.5) is 0 Å². The molecule has 0 aromatic carbocycles. The Morgan fingerprint density at radius 3 is 2.21 bits per heavy atom. The number of nitrogens with one attached hydrogen (secondary N) is 1. The fourth-order valence-electron chi connectivity index (χ4n) is 3.99. The summed E-state index contributed by atoms with van der Waals surface area (Å²) in [6.07, 6.45) is 7.23. The predicted molar refractivity (Wildman–Crippen MR) is 59.2 cm³/mol. The molecule has 3 rings (SSSR count). The summed E-state index contributed by atoms with van der Waals surface area (Å²) in [6, 6.07) is 1.70. The van der Waals surface area contributed by atoms with Gasteiger partial charge in [0.1, 0.15) is 0 Å². The van der Waals surface area contributed by atoms with Gasteiger partial charge < -0.3 is 5.32 Å². The first-order valence-electron chi connectivity index (χ1n) is 6.30. The zero-order valence-corrected chi connectivity index (χ0v) is 9.77. The molecule has 80 valence electrons. The van der Waals surface area contributed by atoms with Gasteiger partial charge in [-0.05, 0) is 48.9 Å². The highest BCUT2D eigenvalue weighted by atomic mass is 15.0. The molecule has 14 heavy (non-hydrogen) atoms. The van der Waals surface area contributed by atoms with Crippen molar-refractivity contribution in [3.63, 3.8) is 0 Å². The second-order valence-corrected chi connectivity index (χ2v) is 6.60. The van der Waals surface area contributed by atoms with E-state index in [0.717, 1.165) is 18.0 Å². The van der Waals surface area contributed by atoms with Crippen molar-refractivity contribution >= 4 is 0 Å². The summed E-state index contributed by atoms with van der Waals surface area (Å²) in [4.78, 5) is 0. The minimum atomic E-state index is 0.583. The predicted octanol–water partition coefficient (Wildman–Crippen LogP) is 2.95. The summed E-state index contributed by atoms with van der Waals surface area (Å²) in [6.45, 7) is 7.53. The Bertz CT molecular complexity index is 254. The zero-order chi connectivity index (χ0) is 9.97. The first-order chi connectivity index (χ1) is 6.54. The maximum atomic E-state index is 3.88. The Kier molecular flexibility index (Phi) is 1.68. The molecule has 1 heteroatoms. The van der Waals surface area contributed by atoms with Crippen molar-refractivity contribution in [2.75, 3.05) is 0 Å². The summed E-state index contributed by atoms with van der Waals surface area (Å²) in [5, 5.41) is 3.88. The van der Waals surface area contributed by atoms with Gasteiger partial charge in [0, 0.05) is 12.1 Å². The molecule has 0 saturated heterocycles. The van der Waals surface area contributed by atoms with Gasteiger partial charge in [-0.2, -0.15) is 0 Å². The summed E-state index contributed by atoms with van der Waals surface area (Å²) in [7, 11) is 0. The van der Waals surface area contributed by atoms with E-state index in [0.29, 0.717) is 10.8 Å². The highest BCUT2D eigenvalue weighted by molar-refractivity contribution is 5.13. The molecule has 0 aliphatic heterocycles. The Morgan fingerprint density at radius 1 is 1.07 bits per heavy atom. The van der Waals surface area contributed by atoms with Crippen LogP contribution in [-0.2, 0) is 0 Å². The largest absolute Gasteiger partial charge is 0.311 e. The van der Waals surface area contributed by atoms with Crippen LogP contribution in [0.25, 0.3) is 0 Å². The van der Waals surface area contributed by atoms with Gasteiger partial charge in [0.05, 0.1) is 0 Å². The molecule has 0 radical (unpaired) electrons. The van der Waals surface area contributed by atoms with Crippen molar-refractivity contribution in [1.82, 2.24) is 5.32 Å². The Balaban J connectivity index is 1.83. The van der Waals surface area contributed by atoms with Gasteiger partial charge >= 0.3 is 0 Å². The second kappa shape index (κ2) is 2.55. The van der Waals surface area contributed by atoms with Gasteiger partial charge in [0.15, 0.2) is 0 Å². The lowest BCUT2D eigenvalue weighted by Gasteiger charge is -2.39. The molecule has 0 amide bonds. The monoisotopic (exact) mass is 193 g/mol. The van der Waals surface area contributed by atoms with Crippen LogP contribution in [0.1, 0.15) is 52.9 Å². The molecule has 0 aromatic rings. The first kappa shape index (κ1) is 9.21. The average Bonchev–Trinajstić information content (AvgIpc) is 2.85. The number of hydrogen-bond donors (Lipinski definition) is 1. The number of rotatable bonds is 2. The van der Waals surface area contributed by atoms with Crippen molar-refractivity contribution in [2.45, 2.75) is 65.0 Å². The highest BCUT2D eigenvalue weighted by Crippen LogP contribution is 2.65. The quantitative estimate of drug-likeness (QED) is 0.711. The molecule has 0 heterocycles. The molecule has 3 atom stereocenters. The lowest BCUT2D eigenvalue weighted by molar-refractivity contribution is 0.120. The van der Waals surface area contributed by atoms with E-state index in [9.17, 15) is 0 Å². The van der Waals surface area contributed by atoms with E-state index in [1.54, 1.807) is 0 Å². The summed E-state index contributed by atoms with van der Waals surface area (Å²) < 4.78 is 0. The third-order valence-corrected chi connectivity index (χ3v) is 5.81. The van der Waals surface area contributed by atoms with Crippen LogP contribution in [0.5, 0.6) is 0 Å². The van der Waals surface area contributed by atoms with Crippen LogP contribution in [0.3, 0.4) is 0 Å². The second-order valence-electron chi connectivity index (χ2n) is 6.60. The van der Waals surface area contributed by atoms with Crippen molar-refractivity contribution < 1.29 is 0 Å². The molecular weight excluding hydrogens is 170 g/mol. The molecule has 3 saturated carbocycles. The van der Waals surface area contributed by atoms with E-state index >= 15 is 0 Å². The van der Waals surface area contributed by atoms with Crippen molar-refractivity contribution in [2.24, 2.45) is 16.7 Å². The number of fused-ring (bicyclic) bond motifs is 2. The van der Waals surface area contributed by atoms with Crippen LogP contribution >= 0.6 is 0 Å². The fourth-order valence-corrected chi connectivity index (χ4v) is 3.99. The molecule has 1 N–H and O–H groups in total. The maximum absolute atomic E-state index is 3.88. The molecular formula is C13H23N.